The van der Waals surface area contributed by atoms with Crippen LogP contribution in [0.3, 0.4) is 0 Å². The second-order valence-corrected chi connectivity index (χ2v) is 4.65. The molecule has 0 saturated heterocycles. The molecule has 0 spiro atoms. The fraction of sp³-hybridized carbons (Fsp3) is 0.357. The molecule has 0 aliphatic heterocycles. The number of quaternary nitrogens is 1. The van der Waals surface area contributed by atoms with E-state index in [1.54, 1.807) is 43.6 Å². The van der Waals surface area contributed by atoms with Gasteiger partial charge < -0.3 is 21.3 Å². The number of hydrogen-bond donors (Lipinski definition) is 4. The van der Waals surface area contributed by atoms with Crippen molar-refractivity contribution in [3.63, 3.8) is 0 Å². The Morgan fingerprint density at radius 2 is 1.62 bits per heavy atom. The Hall–Kier alpha value is -2.41. The molecule has 0 saturated carbocycles. The van der Waals surface area contributed by atoms with Crippen LogP contribution in [0.4, 0.5) is 11.4 Å². The number of anilines is 2. The Kier molecular flexibility index (Phi) is 6.35. The van der Waals surface area contributed by atoms with Gasteiger partial charge in [-0.3, -0.25) is 14.4 Å². The lowest BCUT2D eigenvalue weighted by Crippen LogP contribution is -2.93. The highest BCUT2D eigenvalue weighted by Gasteiger charge is 2.17. The largest absolute Gasteiger partial charge is 0.354 e. The van der Waals surface area contributed by atoms with E-state index in [1.165, 1.54) is 6.92 Å². The van der Waals surface area contributed by atoms with E-state index in [1.807, 2.05) is 0 Å². The molecule has 1 aromatic rings. The predicted octanol–water partition coefficient (Wildman–Crippen LogP) is -0.719. The Balaban J connectivity index is 2.50. The van der Waals surface area contributed by atoms with Gasteiger partial charge in [-0.2, -0.15) is 0 Å². The molecule has 0 bridgehead atoms. The molecule has 1 rings (SSSR count). The summed E-state index contributed by atoms with van der Waals surface area (Å²) in [6.07, 6.45) is 0. The summed E-state index contributed by atoms with van der Waals surface area (Å²) in [6, 6.07) is 6.44. The van der Waals surface area contributed by atoms with E-state index in [0.29, 0.717) is 11.4 Å². The summed E-state index contributed by atoms with van der Waals surface area (Å²) in [5.41, 5.74) is 1.30. The number of nitrogens with two attached hydrogens (primary N) is 1. The summed E-state index contributed by atoms with van der Waals surface area (Å²) in [5.74, 6) is -0.468. The average Bonchev–Trinajstić information content (AvgIpc) is 2.45. The van der Waals surface area contributed by atoms with Gasteiger partial charge in [0.1, 0.15) is 0 Å². The quantitative estimate of drug-likeness (QED) is 0.556. The summed E-state index contributed by atoms with van der Waals surface area (Å²) in [5, 5.41) is 9.54. The summed E-state index contributed by atoms with van der Waals surface area (Å²) in [6.45, 7) is 3.36. The normalized spacial score (nSPS) is 11.4. The van der Waals surface area contributed by atoms with E-state index in [4.69, 9.17) is 0 Å². The maximum absolute atomic E-state index is 11.9. The molecule has 5 N–H and O–H groups in total. The maximum atomic E-state index is 11.9. The highest BCUT2D eigenvalue weighted by Crippen LogP contribution is 2.13. The van der Waals surface area contributed by atoms with E-state index in [2.05, 4.69) is 16.0 Å². The number of carbonyl (C=O) groups excluding carboxylic acids is 3. The van der Waals surface area contributed by atoms with E-state index < -0.39 is 0 Å². The van der Waals surface area contributed by atoms with Crippen molar-refractivity contribution >= 4 is 29.1 Å². The SMILES string of the molecule is CNC(=O)C[NH2+][C@H](C)C(=O)Nc1ccc(NC(C)=O)cc1. The molecule has 7 nitrogen and oxygen atoms in total. The van der Waals surface area contributed by atoms with Gasteiger partial charge in [0.2, 0.25) is 5.91 Å². The number of rotatable bonds is 6. The Labute approximate surface area is 123 Å². The van der Waals surface area contributed by atoms with Crippen molar-refractivity contribution in [2.24, 2.45) is 0 Å². The summed E-state index contributed by atoms with van der Waals surface area (Å²) < 4.78 is 0. The molecule has 0 aromatic heterocycles. The minimum absolute atomic E-state index is 0.130. The molecule has 0 fully saturated rings. The van der Waals surface area contributed by atoms with Gasteiger partial charge in [0, 0.05) is 25.3 Å². The summed E-state index contributed by atoms with van der Waals surface area (Å²) in [4.78, 5) is 33.9. The fourth-order valence-electron chi connectivity index (χ4n) is 1.59. The zero-order valence-corrected chi connectivity index (χ0v) is 12.4. The first-order valence-electron chi connectivity index (χ1n) is 6.64. The topological polar surface area (TPSA) is 104 Å². The van der Waals surface area contributed by atoms with Crippen LogP contribution in [0.1, 0.15) is 13.8 Å². The third kappa shape index (κ3) is 6.05. The summed E-state index contributed by atoms with van der Waals surface area (Å²) in [7, 11) is 1.55. The number of likely N-dealkylation sites (N-methyl/N-ethyl adjacent to an activating group) is 1. The molecular formula is C14H21N4O3+. The molecule has 0 radical (unpaired) electrons. The van der Waals surface area contributed by atoms with Crippen LogP contribution in [0, 0.1) is 0 Å². The van der Waals surface area contributed by atoms with Crippen molar-refractivity contribution in [3.05, 3.63) is 24.3 Å². The van der Waals surface area contributed by atoms with Crippen LogP contribution in [-0.2, 0) is 14.4 Å². The molecule has 3 amide bonds. The van der Waals surface area contributed by atoms with Gasteiger partial charge >= 0.3 is 0 Å². The number of benzene rings is 1. The highest BCUT2D eigenvalue weighted by atomic mass is 16.2. The molecule has 1 aromatic carbocycles. The molecule has 7 heteroatoms. The van der Waals surface area contributed by atoms with E-state index in [0.717, 1.165) is 0 Å². The lowest BCUT2D eigenvalue weighted by atomic mass is 10.2. The second-order valence-electron chi connectivity index (χ2n) is 4.65. The first-order valence-corrected chi connectivity index (χ1v) is 6.64. The van der Waals surface area contributed by atoms with Crippen molar-refractivity contribution in [1.29, 1.82) is 0 Å². The van der Waals surface area contributed by atoms with E-state index in [9.17, 15) is 14.4 Å². The van der Waals surface area contributed by atoms with Gasteiger partial charge in [-0.15, -0.1) is 0 Å². The first kappa shape index (κ1) is 16.6. The highest BCUT2D eigenvalue weighted by molar-refractivity contribution is 5.94. The number of carbonyl (C=O) groups is 3. The molecule has 1 atom stereocenters. The van der Waals surface area contributed by atoms with Gasteiger partial charge in [0.15, 0.2) is 12.6 Å². The van der Waals surface area contributed by atoms with Gasteiger partial charge in [-0.1, -0.05) is 0 Å². The minimum atomic E-state index is -0.377. The van der Waals surface area contributed by atoms with Crippen LogP contribution in [0.5, 0.6) is 0 Å². The lowest BCUT2D eigenvalue weighted by molar-refractivity contribution is -0.662. The zero-order chi connectivity index (χ0) is 15.8. The summed E-state index contributed by atoms with van der Waals surface area (Å²) >= 11 is 0. The standard InChI is InChI=1S/C14H20N4O3/c1-9(16-8-13(20)15-3)14(21)18-12-6-4-11(5-7-12)17-10(2)19/h4-7,9,16H,8H2,1-3H3,(H,15,20)(H,17,19)(H,18,21)/p+1/t9-/m1/s1. The third-order valence-electron chi connectivity index (χ3n) is 2.82. The number of hydrogen-bond acceptors (Lipinski definition) is 3. The molecular weight excluding hydrogens is 272 g/mol. The Morgan fingerprint density at radius 1 is 1.10 bits per heavy atom. The van der Waals surface area contributed by atoms with Crippen molar-refractivity contribution in [2.45, 2.75) is 19.9 Å². The third-order valence-corrected chi connectivity index (χ3v) is 2.82. The fourth-order valence-corrected chi connectivity index (χ4v) is 1.59. The van der Waals surface area contributed by atoms with Crippen LogP contribution in [-0.4, -0.2) is 37.4 Å². The molecule has 114 valence electrons. The van der Waals surface area contributed by atoms with Crippen molar-refractivity contribution in [1.82, 2.24) is 5.32 Å². The Bertz CT molecular complexity index is 513. The van der Waals surface area contributed by atoms with Gasteiger partial charge in [-0.25, -0.2) is 0 Å². The van der Waals surface area contributed by atoms with Crippen molar-refractivity contribution in [2.75, 3.05) is 24.2 Å². The van der Waals surface area contributed by atoms with Crippen molar-refractivity contribution < 1.29 is 19.7 Å². The molecule has 0 unspecified atom stereocenters. The maximum Gasteiger partial charge on any atom is 0.282 e. The average molecular weight is 293 g/mol. The van der Waals surface area contributed by atoms with Crippen LogP contribution >= 0.6 is 0 Å². The molecule has 0 heterocycles. The molecule has 0 aliphatic rings. The van der Waals surface area contributed by atoms with Crippen LogP contribution in [0.2, 0.25) is 0 Å². The number of nitrogens with one attached hydrogen (secondary N) is 3. The van der Waals surface area contributed by atoms with Gasteiger partial charge in [-0.05, 0) is 31.2 Å². The molecule has 21 heavy (non-hydrogen) atoms. The van der Waals surface area contributed by atoms with Crippen LogP contribution in [0.15, 0.2) is 24.3 Å². The first-order chi connectivity index (χ1) is 9.92. The predicted molar refractivity (Wildman–Crippen MR) is 79.7 cm³/mol. The minimum Gasteiger partial charge on any atom is -0.354 e. The Morgan fingerprint density at radius 3 is 2.10 bits per heavy atom. The van der Waals surface area contributed by atoms with Gasteiger partial charge in [0.05, 0.1) is 0 Å². The van der Waals surface area contributed by atoms with Crippen LogP contribution in [0.25, 0.3) is 0 Å². The van der Waals surface area contributed by atoms with Gasteiger partial charge in [0.25, 0.3) is 11.8 Å². The second kappa shape index (κ2) is 8.01. The van der Waals surface area contributed by atoms with E-state index in [-0.39, 0.29) is 30.3 Å². The van der Waals surface area contributed by atoms with Crippen LogP contribution < -0.4 is 21.3 Å². The monoisotopic (exact) mass is 293 g/mol. The molecule has 0 aliphatic carbocycles. The smallest absolute Gasteiger partial charge is 0.282 e. The number of amides is 3. The van der Waals surface area contributed by atoms with Crippen molar-refractivity contribution in [3.8, 4) is 0 Å². The zero-order valence-electron chi connectivity index (χ0n) is 12.4. The lowest BCUT2D eigenvalue weighted by Gasteiger charge is -2.11. The van der Waals surface area contributed by atoms with E-state index >= 15 is 0 Å².